The average molecular weight is 384 g/mol. The van der Waals surface area contributed by atoms with Crippen LogP contribution >= 0.6 is 0 Å². The van der Waals surface area contributed by atoms with Crippen LogP contribution in [-0.4, -0.2) is 15.5 Å². The van der Waals surface area contributed by atoms with Gasteiger partial charge in [0.1, 0.15) is 5.75 Å². The molecule has 2 aromatic rings. The number of rotatable bonds is 6. The molecule has 0 radical (unpaired) electrons. The fourth-order valence-electron chi connectivity index (χ4n) is 3.45. The molecule has 0 aliphatic heterocycles. The zero-order valence-corrected chi connectivity index (χ0v) is 18.9. The van der Waals surface area contributed by atoms with E-state index < -0.39 is 0 Å². The second kappa shape index (κ2) is 8.14. The Morgan fingerprint density at radius 1 is 1.07 bits per heavy atom. The summed E-state index contributed by atoms with van der Waals surface area (Å²) in [5.74, 6) is 0.561. The van der Waals surface area contributed by atoms with E-state index in [9.17, 15) is 9.90 Å². The fraction of sp³-hybridized carbons (Fsp3) is 0.560. The third-order valence-corrected chi connectivity index (χ3v) is 5.56. The van der Waals surface area contributed by atoms with Crippen LogP contribution in [-0.2, 0) is 17.3 Å². The van der Waals surface area contributed by atoms with Crippen LogP contribution in [0.4, 0.5) is 0 Å². The van der Waals surface area contributed by atoms with Gasteiger partial charge < -0.3 is 9.67 Å². The number of carbonyl (C=O) groups excluding carboxylic acids is 1. The molecule has 1 aromatic heterocycles. The molecule has 3 nitrogen and oxygen atoms in total. The summed E-state index contributed by atoms with van der Waals surface area (Å²) in [5.41, 5.74) is 3.49. The number of hydrogen-bond donors (Lipinski definition) is 1. The van der Waals surface area contributed by atoms with Gasteiger partial charge in [0.15, 0.2) is 5.78 Å². The normalized spacial score (nSPS) is 13.6. The van der Waals surface area contributed by atoms with E-state index in [1.807, 2.05) is 18.5 Å². The molecule has 0 fully saturated rings. The Morgan fingerprint density at radius 3 is 2.07 bits per heavy atom. The van der Waals surface area contributed by atoms with Crippen molar-refractivity contribution >= 4 is 5.78 Å². The molecule has 154 valence electrons. The molecular formula is C25H37NO2. The second-order valence-electron chi connectivity index (χ2n) is 10.1. The number of ketones is 1. The third kappa shape index (κ3) is 5.06. The minimum Gasteiger partial charge on any atom is -0.507 e. The summed E-state index contributed by atoms with van der Waals surface area (Å²) in [4.78, 5) is 12.7. The highest BCUT2D eigenvalue weighted by atomic mass is 16.3. The van der Waals surface area contributed by atoms with Crippen molar-refractivity contribution in [1.29, 1.82) is 0 Å². The Balaban J connectivity index is 2.26. The first-order chi connectivity index (χ1) is 12.8. The molecule has 0 bridgehead atoms. The average Bonchev–Trinajstić information content (AvgIpc) is 3.08. The topological polar surface area (TPSA) is 42.2 Å². The summed E-state index contributed by atoms with van der Waals surface area (Å²) < 4.78 is 2.11. The van der Waals surface area contributed by atoms with E-state index in [1.54, 1.807) is 0 Å². The third-order valence-electron chi connectivity index (χ3n) is 5.56. The van der Waals surface area contributed by atoms with Crippen LogP contribution in [0.5, 0.6) is 5.75 Å². The van der Waals surface area contributed by atoms with E-state index in [4.69, 9.17) is 0 Å². The van der Waals surface area contributed by atoms with Gasteiger partial charge in [0, 0.05) is 30.4 Å². The number of benzene rings is 1. The molecule has 28 heavy (non-hydrogen) atoms. The Bertz CT molecular complexity index is 796. The smallest absolute Gasteiger partial charge is 0.164 e. The van der Waals surface area contributed by atoms with Gasteiger partial charge in [-0.2, -0.15) is 0 Å². The fourth-order valence-corrected chi connectivity index (χ4v) is 3.45. The molecule has 2 rings (SSSR count). The van der Waals surface area contributed by atoms with Gasteiger partial charge in [-0.1, -0.05) is 60.6 Å². The first-order valence-corrected chi connectivity index (χ1v) is 10.4. The number of Topliss-reactive ketones (excluding diaryl/α,β-unsaturated/α-hetero) is 1. The molecule has 1 N–H and O–H groups in total. The number of nitrogens with zero attached hydrogens (tertiary/aromatic N) is 1. The summed E-state index contributed by atoms with van der Waals surface area (Å²) in [7, 11) is 0. The van der Waals surface area contributed by atoms with Gasteiger partial charge in [-0.05, 0) is 53.4 Å². The Morgan fingerprint density at radius 2 is 1.61 bits per heavy atom. The van der Waals surface area contributed by atoms with E-state index in [0.29, 0.717) is 24.6 Å². The summed E-state index contributed by atoms with van der Waals surface area (Å²) in [5, 5.41) is 10.8. The van der Waals surface area contributed by atoms with E-state index in [0.717, 1.165) is 28.7 Å². The first-order valence-electron chi connectivity index (χ1n) is 10.4. The van der Waals surface area contributed by atoms with Crippen molar-refractivity contribution in [1.82, 2.24) is 4.57 Å². The summed E-state index contributed by atoms with van der Waals surface area (Å²) in [6, 6.07) is 6.47. The highest BCUT2D eigenvalue weighted by Gasteiger charge is 2.26. The van der Waals surface area contributed by atoms with E-state index in [-0.39, 0.29) is 16.6 Å². The maximum atomic E-state index is 12.7. The number of phenols is 1. The van der Waals surface area contributed by atoms with Crippen LogP contribution in [0, 0.1) is 0 Å². The molecule has 0 spiro atoms. The van der Waals surface area contributed by atoms with Gasteiger partial charge in [0.2, 0.25) is 0 Å². The van der Waals surface area contributed by atoms with Crippen molar-refractivity contribution in [3.8, 4) is 5.75 Å². The monoisotopic (exact) mass is 383 g/mol. The van der Waals surface area contributed by atoms with Crippen LogP contribution in [0.2, 0.25) is 0 Å². The zero-order chi connectivity index (χ0) is 21.3. The van der Waals surface area contributed by atoms with Crippen molar-refractivity contribution in [2.24, 2.45) is 0 Å². The predicted molar refractivity (Wildman–Crippen MR) is 118 cm³/mol. The summed E-state index contributed by atoms with van der Waals surface area (Å²) in [6.07, 6.45) is 6.16. The van der Waals surface area contributed by atoms with Crippen LogP contribution in [0.15, 0.2) is 30.6 Å². The largest absolute Gasteiger partial charge is 0.507 e. The Labute approximate surface area is 170 Å². The quantitative estimate of drug-likeness (QED) is 0.573. The lowest BCUT2D eigenvalue weighted by Crippen LogP contribution is -2.18. The molecule has 3 heteroatoms. The molecule has 1 unspecified atom stereocenters. The number of aromatic hydroxyl groups is 1. The lowest BCUT2D eigenvalue weighted by Gasteiger charge is -2.28. The molecule has 0 saturated carbocycles. The molecule has 0 saturated heterocycles. The van der Waals surface area contributed by atoms with E-state index in [2.05, 4.69) is 72.1 Å². The Hall–Kier alpha value is -2.03. The highest BCUT2D eigenvalue weighted by molar-refractivity contribution is 5.96. The number of aryl methyl sites for hydroxylation is 1. The standard InChI is InChI=1S/C25H37NO2/c1-9-17(2)26-13-12-19(16-26)22(27)11-10-18-14-20(24(3,4)5)23(28)21(15-18)25(6,7)8/h12-17,28H,9-11H2,1-8H3. The SMILES string of the molecule is CCC(C)n1ccc(C(=O)CCc2cc(C(C)(C)C)c(O)c(C(C)(C)C)c2)c1. The van der Waals surface area contributed by atoms with Gasteiger partial charge in [-0.25, -0.2) is 0 Å². The number of aromatic nitrogens is 1. The number of phenolic OH excluding ortho intramolecular Hbond substituents is 1. The molecule has 1 aromatic carbocycles. The van der Waals surface area contributed by atoms with Crippen LogP contribution in [0.1, 0.15) is 101 Å². The van der Waals surface area contributed by atoms with Gasteiger partial charge in [-0.15, -0.1) is 0 Å². The molecular weight excluding hydrogens is 346 g/mol. The van der Waals surface area contributed by atoms with Crippen molar-refractivity contribution in [2.45, 2.75) is 91.5 Å². The molecule has 1 atom stereocenters. The van der Waals surface area contributed by atoms with Gasteiger partial charge in [0.05, 0.1) is 0 Å². The number of carbonyl (C=O) groups is 1. The number of hydrogen-bond acceptors (Lipinski definition) is 2. The predicted octanol–water partition coefficient (Wildman–Crippen LogP) is 6.58. The van der Waals surface area contributed by atoms with Crippen molar-refractivity contribution in [2.75, 3.05) is 0 Å². The van der Waals surface area contributed by atoms with Crippen LogP contribution < -0.4 is 0 Å². The van der Waals surface area contributed by atoms with E-state index in [1.165, 1.54) is 0 Å². The Kier molecular flexibility index (Phi) is 6.48. The van der Waals surface area contributed by atoms with Gasteiger partial charge in [-0.3, -0.25) is 4.79 Å². The maximum absolute atomic E-state index is 12.7. The molecule has 0 aliphatic rings. The molecule has 1 heterocycles. The highest BCUT2D eigenvalue weighted by Crippen LogP contribution is 2.40. The molecule has 0 amide bonds. The maximum Gasteiger partial charge on any atom is 0.164 e. The van der Waals surface area contributed by atoms with Gasteiger partial charge in [0.25, 0.3) is 0 Å². The molecule has 0 aliphatic carbocycles. The summed E-state index contributed by atoms with van der Waals surface area (Å²) in [6.45, 7) is 17.0. The second-order valence-corrected chi connectivity index (χ2v) is 10.1. The van der Waals surface area contributed by atoms with Crippen LogP contribution in [0.3, 0.4) is 0 Å². The zero-order valence-electron chi connectivity index (χ0n) is 18.9. The van der Waals surface area contributed by atoms with Crippen LogP contribution in [0.25, 0.3) is 0 Å². The minimum atomic E-state index is -0.155. The minimum absolute atomic E-state index is 0.155. The lowest BCUT2D eigenvalue weighted by molar-refractivity contribution is 0.0982. The summed E-state index contributed by atoms with van der Waals surface area (Å²) >= 11 is 0. The van der Waals surface area contributed by atoms with Gasteiger partial charge >= 0.3 is 0 Å². The first kappa shape index (κ1) is 22.3. The van der Waals surface area contributed by atoms with E-state index >= 15 is 0 Å². The lowest BCUT2D eigenvalue weighted by atomic mass is 9.78. The van der Waals surface area contributed by atoms with Crippen molar-refractivity contribution < 1.29 is 9.90 Å². The van der Waals surface area contributed by atoms with Crippen molar-refractivity contribution in [3.63, 3.8) is 0 Å². The van der Waals surface area contributed by atoms with Crippen molar-refractivity contribution in [3.05, 3.63) is 52.8 Å².